The molecule has 2 heterocycles. The highest BCUT2D eigenvalue weighted by Gasteiger charge is 2.15. The lowest BCUT2D eigenvalue weighted by Gasteiger charge is -2.06. The minimum Gasteiger partial charge on any atom is -0.358 e. The third-order valence-corrected chi connectivity index (χ3v) is 6.81. The monoisotopic (exact) mass is 521 g/mol. The predicted octanol–water partition coefficient (Wildman–Crippen LogP) is 7.34. The second-order valence-electron chi connectivity index (χ2n) is 7.65. The van der Waals surface area contributed by atoms with Crippen LogP contribution in [0.2, 0.25) is 10.0 Å². The molecule has 0 saturated heterocycles. The standard InChI is InChI=1S/C25H17Cl2N5O2S/c1-15-19(17-6-2-3-7-21(17)29-15)13-28-31-24(18-12-16(26)10-11-20(18)27)14-35-25(31)30-22-8-4-5-9-23(22)32(33)34/h2-14,29H,1H3. The Bertz CT molecular complexity index is 1680. The number of benzene rings is 3. The molecule has 5 aromatic rings. The molecule has 0 atom stereocenters. The number of halogens is 2. The van der Waals surface area contributed by atoms with E-state index in [-0.39, 0.29) is 11.4 Å². The Morgan fingerprint density at radius 1 is 1.09 bits per heavy atom. The van der Waals surface area contributed by atoms with Crippen LogP contribution in [-0.2, 0) is 0 Å². The van der Waals surface area contributed by atoms with E-state index in [0.717, 1.165) is 22.2 Å². The molecule has 5 rings (SSSR count). The quantitative estimate of drug-likeness (QED) is 0.149. The van der Waals surface area contributed by atoms with E-state index in [0.29, 0.717) is 26.1 Å². The molecule has 0 fully saturated rings. The van der Waals surface area contributed by atoms with Gasteiger partial charge in [-0.15, -0.1) is 11.3 Å². The number of aromatic amines is 1. The Morgan fingerprint density at radius 2 is 1.86 bits per heavy atom. The van der Waals surface area contributed by atoms with Crippen LogP contribution in [0.15, 0.2) is 82.2 Å². The number of nitro groups is 1. The van der Waals surface area contributed by atoms with Crippen LogP contribution in [0.4, 0.5) is 11.4 Å². The van der Waals surface area contributed by atoms with Gasteiger partial charge in [0.2, 0.25) is 4.80 Å². The van der Waals surface area contributed by atoms with E-state index in [1.54, 1.807) is 47.3 Å². The fourth-order valence-corrected chi connectivity index (χ4v) is 4.99. The van der Waals surface area contributed by atoms with Gasteiger partial charge in [-0.2, -0.15) is 5.10 Å². The van der Waals surface area contributed by atoms with E-state index in [1.807, 2.05) is 36.6 Å². The number of H-pyrrole nitrogens is 1. The third kappa shape index (κ3) is 4.51. The van der Waals surface area contributed by atoms with Gasteiger partial charge in [-0.25, -0.2) is 9.67 Å². The minimum absolute atomic E-state index is 0.0914. The molecule has 174 valence electrons. The van der Waals surface area contributed by atoms with Gasteiger partial charge in [0, 0.05) is 44.2 Å². The summed E-state index contributed by atoms with van der Waals surface area (Å²) in [6.45, 7) is 1.98. The molecule has 35 heavy (non-hydrogen) atoms. The van der Waals surface area contributed by atoms with Gasteiger partial charge in [-0.1, -0.05) is 53.5 Å². The van der Waals surface area contributed by atoms with Gasteiger partial charge in [0.25, 0.3) is 5.69 Å². The molecule has 2 aromatic heterocycles. The number of aromatic nitrogens is 2. The summed E-state index contributed by atoms with van der Waals surface area (Å²) in [4.78, 5) is 19.5. The number of aryl methyl sites for hydroxylation is 1. The van der Waals surface area contributed by atoms with E-state index < -0.39 is 4.92 Å². The van der Waals surface area contributed by atoms with Crippen molar-refractivity contribution in [2.75, 3.05) is 0 Å². The molecule has 0 spiro atoms. The second-order valence-corrected chi connectivity index (χ2v) is 9.33. The van der Waals surface area contributed by atoms with Crippen molar-refractivity contribution < 1.29 is 4.92 Å². The van der Waals surface area contributed by atoms with E-state index in [2.05, 4.69) is 9.98 Å². The Balaban J connectivity index is 1.74. The topological polar surface area (TPSA) is 88.6 Å². The summed E-state index contributed by atoms with van der Waals surface area (Å²) in [6, 6.07) is 19.5. The maximum atomic E-state index is 11.5. The van der Waals surface area contributed by atoms with Crippen molar-refractivity contribution in [1.82, 2.24) is 9.66 Å². The number of nitrogens with one attached hydrogen (secondary N) is 1. The van der Waals surface area contributed by atoms with Gasteiger partial charge in [-0.05, 0) is 37.3 Å². The van der Waals surface area contributed by atoms with Gasteiger partial charge >= 0.3 is 0 Å². The summed E-state index contributed by atoms with van der Waals surface area (Å²) < 4.78 is 1.63. The average Bonchev–Trinajstić information content (AvgIpc) is 3.39. The molecular weight excluding hydrogens is 505 g/mol. The van der Waals surface area contributed by atoms with Crippen LogP contribution in [0.5, 0.6) is 0 Å². The van der Waals surface area contributed by atoms with Gasteiger partial charge in [0.1, 0.15) is 5.69 Å². The number of nitro benzene ring substituents is 1. The Morgan fingerprint density at radius 3 is 2.69 bits per heavy atom. The smallest absolute Gasteiger partial charge is 0.294 e. The summed E-state index contributed by atoms with van der Waals surface area (Å²) in [5.74, 6) is 0. The number of nitrogens with zero attached hydrogens (tertiary/aromatic N) is 4. The summed E-state index contributed by atoms with van der Waals surface area (Å²) in [7, 11) is 0. The maximum absolute atomic E-state index is 11.5. The maximum Gasteiger partial charge on any atom is 0.294 e. The minimum atomic E-state index is -0.454. The fourth-order valence-electron chi connectivity index (χ4n) is 3.76. The molecule has 0 saturated carbocycles. The molecule has 0 unspecified atom stereocenters. The highest BCUT2D eigenvalue weighted by Crippen LogP contribution is 2.32. The van der Waals surface area contributed by atoms with Crippen molar-refractivity contribution in [1.29, 1.82) is 0 Å². The lowest BCUT2D eigenvalue weighted by molar-refractivity contribution is -0.384. The van der Waals surface area contributed by atoms with Crippen molar-refractivity contribution >= 4 is 63.0 Å². The molecular formula is C25H17Cl2N5O2S. The molecule has 7 nitrogen and oxygen atoms in total. The number of fused-ring (bicyclic) bond motifs is 1. The average molecular weight is 522 g/mol. The van der Waals surface area contributed by atoms with Gasteiger partial charge < -0.3 is 4.98 Å². The Labute approximate surface area is 213 Å². The van der Waals surface area contributed by atoms with Crippen LogP contribution >= 0.6 is 34.5 Å². The van der Waals surface area contributed by atoms with E-state index in [4.69, 9.17) is 28.3 Å². The summed E-state index contributed by atoms with van der Waals surface area (Å²) in [6.07, 6.45) is 1.75. The number of thiazole rings is 1. The number of hydrogen-bond donors (Lipinski definition) is 1. The zero-order valence-electron chi connectivity index (χ0n) is 18.3. The first-order valence-electron chi connectivity index (χ1n) is 10.5. The van der Waals surface area contributed by atoms with Crippen LogP contribution in [0.25, 0.3) is 22.2 Å². The largest absolute Gasteiger partial charge is 0.358 e. The predicted molar refractivity (Wildman–Crippen MR) is 142 cm³/mol. The Hall–Kier alpha value is -3.72. The number of rotatable bonds is 5. The van der Waals surface area contributed by atoms with E-state index >= 15 is 0 Å². The molecule has 0 aliphatic rings. The summed E-state index contributed by atoms with van der Waals surface area (Å²) in [5.41, 5.74) is 4.37. The van der Waals surface area contributed by atoms with Crippen molar-refractivity contribution in [3.63, 3.8) is 0 Å². The van der Waals surface area contributed by atoms with Crippen LogP contribution in [0.3, 0.4) is 0 Å². The second kappa shape index (κ2) is 9.50. The normalized spacial score (nSPS) is 12.1. The SMILES string of the molecule is Cc1[nH]c2ccccc2c1C=Nn1c(-c2cc(Cl)ccc2Cl)csc1=Nc1ccccc1[N+](=O)[O-]. The molecule has 0 amide bonds. The van der Waals surface area contributed by atoms with Crippen molar-refractivity contribution in [3.8, 4) is 11.3 Å². The van der Waals surface area contributed by atoms with Crippen LogP contribution in [0.1, 0.15) is 11.3 Å². The first kappa shape index (κ1) is 23.0. The van der Waals surface area contributed by atoms with Gasteiger partial charge in [-0.3, -0.25) is 10.1 Å². The fraction of sp³-hybridized carbons (Fsp3) is 0.0400. The molecule has 1 N–H and O–H groups in total. The third-order valence-electron chi connectivity index (χ3n) is 5.43. The molecule has 0 radical (unpaired) electrons. The van der Waals surface area contributed by atoms with Gasteiger partial charge in [0.15, 0.2) is 0 Å². The highest BCUT2D eigenvalue weighted by molar-refractivity contribution is 7.07. The molecule has 0 aliphatic heterocycles. The first-order valence-corrected chi connectivity index (χ1v) is 12.1. The zero-order valence-corrected chi connectivity index (χ0v) is 20.6. The lowest BCUT2D eigenvalue weighted by atomic mass is 10.1. The molecule has 10 heteroatoms. The highest BCUT2D eigenvalue weighted by atomic mass is 35.5. The first-order chi connectivity index (χ1) is 16.9. The van der Waals surface area contributed by atoms with Gasteiger partial charge in [0.05, 0.1) is 21.9 Å². The summed E-state index contributed by atoms with van der Waals surface area (Å²) >= 11 is 14.0. The van der Waals surface area contributed by atoms with Crippen LogP contribution < -0.4 is 4.80 Å². The Kier molecular flexibility index (Phi) is 6.25. The number of hydrogen-bond acceptors (Lipinski definition) is 5. The van der Waals surface area contributed by atoms with Crippen molar-refractivity contribution in [2.24, 2.45) is 10.1 Å². The molecule has 0 bridgehead atoms. The summed E-state index contributed by atoms with van der Waals surface area (Å²) in [5, 5.41) is 20.2. The zero-order chi connectivity index (χ0) is 24.5. The van der Waals surface area contributed by atoms with Crippen LogP contribution in [-0.4, -0.2) is 20.8 Å². The van der Waals surface area contributed by atoms with Crippen molar-refractivity contribution in [2.45, 2.75) is 6.92 Å². The van der Waals surface area contributed by atoms with Crippen LogP contribution in [0, 0.1) is 17.0 Å². The lowest BCUT2D eigenvalue weighted by Crippen LogP contribution is -2.12. The van der Waals surface area contributed by atoms with E-state index in [9.17, 15) is 10.1 Å². The number of para-hydroxylation sites is 3. The molecule has 3 aromatic carbocycles. The van der Waals surface area contributed by atoms with E-state index in [1.165, 1.54) is 17.4 Å². The molecule has 0 aliphatic carbocycles. The van der Waals surface area contributed by atoms with Crippen molar-refractivity contribution in [3.05, 3.63) is 108 Å².